The average Bonchev–Trinajstić information content (AvgIpc) is 3.03. The van der Waals surface area contributed by atoms with Crippen LogP contribution in [0.2, 0.25) is 0 Å². The smallest absolute Gasteiger partial charge is 0.329 e. The maximum Gasteiger partial charge on any atom is 0.329 e. The van der Waals surface area contributed by atoms with Crippen molar-refractivity contribution in [3.8, 4) is 0 Å². The van der Waals surface area contributed by atoms with Gasteiger partial charge in [-0.1, -0.05) is 41.5 Å². The number of carbonyl (C=O) groups excluding carboxylic acids is 6. The van der Waals surface area contributed by atoms with E-state index in [2.05, 4.69) is 0 Å². The predicted octanol–water partition coefficient (Wildman–Crippen LogP) is 3.44. The number of hydrogen-bond acceptors (Lipinski definition) is 12. The number of esters is 3. The van der Waals surface area contributed by atoms with Crippen molar-refractivity contribution in [2.45, 2.75) is 97.2 Å². The Morgan fingerprint density at radius 2 is 0.708 bits per heavy atom. The minimum absolute atomic E-state index is 0.225. The molecule has 15 heteroatoms. The van der Waals surface area contributed by atoms with Crippen LogP contribution >= 0.6 is 35.3 Å². The molecule has 1 saturated heterocycles. The first-order valence-electron chi connectivity index (χ1n) is 16.3. The van der Waals surface area contributed by atoms with Crippen LogP contribution < -0.4 is 0 Å². The molecule has 1 fully saturated rings. The van der Waals surface area contributed by atoms with Gasteiger partial charge in [0.15, 0.2) is 18.3 Å². The van der Waals surface area contributed by atoms with Gasteiger partial charge in [0.05, 0.1) is 0 Å². The molecule has 0 unspecified atom stereocenters. The quantitative estimate of drug-likeness (QED) is 0.214. The van der Waals surface area contributed by atoms with Crippen molar-refractivity contribution in [3.63, 3.8) is 0 Å². The Hall–Kier alpha value is -2.13. The van der Waals surface area contributed by atoms with Crippen molar-refractivity contribution >= 4 is 70.9 Å². The largest absolute Gasteiger partial charge is 0.450 e. The highest BCUT2D eigenvalue weighted by Crippen LogP contribution is 2.24. The molecule has 0 N–H and O–H groups in total. The molecular formula is C33H57N3O9S3. The van der Waals surface area contributed by atoms with Gasteiger partial charge in [0, 0.05) is 21.1 Å². The molecule has 0 aliphatic carbocycles. The number of cyclic esters (lactones) is 3. The Bertz CT molecular complexity index is 974. The van der Waals surface area contributed by atoms with E-state index in [0.717, 1.165) is 0 Å². The number of amides is 3. The molecular weight excluding hydrogens is 685 g/mol. The van der Waals surface area contributed by atoms with E-state index >= 15 is 0 Å². The third kappa shape index (κ3) is 12.0. The van der Waals surface area contributed by atoms with Crippen LogP contribution in [-0.4, -0.2) is 144 Å². The molecule has 1 aliphatic heterocycles. The summed E-state index contributed by atoms with van der Waals surface area (Å²) >= 11 is 4.44. The third-order valence-electron chi connectivity index (χ3n) is 8.32. The van der Waals surface area contributed by atoms with Crippen LogP contribution in [-0.2, 0) is 43.0 Å². The van der Waals surface area contributed by atoms with Gasteiger partial charge in [0.25, 0.3) is 17.7 Å². The third-order valence-corrected chi connectivity index (χ3v) is 10.3. The Morgan fingerprint density at radius 1 is 0.500 bits per heavy atom. The van der Waals surface area contributed by atoms with E-state index in [-0.39, 0.29) is 19.3 Å². The van der Waals surface area contributed by atoms with Crippen LogP contribution in [0.15, 0.2) is 0 Å². The number of ether oxygens (including phenoxy) is 3. The normalized spacial score (nSPS) is 26.2. The predicted molar refractivity (Wildman–Crippen MR) is 193 cm³/mol. The second kappa shape index (κ2) is 21.2. The maximum atomic E-state index is 14.0. The standard InChI is InChI=1S/C33H57N3O9S3/c1-19(2)25-28(37)34(7)23(14-17-47-11)32(41)44-27(21(5)6)30(39)36(9)24(15-18-48-12)33(42)45-26(20(3)4)29(38)35(8)22(13-16-46-10)31(40)43-25/h19-27H,13-18H2,1-12H3/t22-,23-,24-,25-,26+,27+/m0/s1/i7+2,8+2,9+2. The maximum absolute atomic E-state index is 14.0. The second-order valence-electron chi connectivity index (χ2n) is 13.0. The van der Waals surface area contributed by atoms with Crippen LogP contribution in [0.25, 0.3) is 0 Å². The van der Waals surface area contributed by atoms with Crippen molar-refractivity contribution in [3.05, 3.63) is 0 Å². The van der Waals surface area contributed by atoms with E-state index < -0.39 is 89.8 Å². The number of thioether (sulfide) groups is 3. The zero-order valence-corrected chi connectivity index (χ0v) is 33.1. The second-order valence-corrected chi connectivity index (χ2v) is 16.0. The summed E-state index contributed by atoms with van der Waals surface area (Å²) in [5.41, 5.74) is 0. The minimum atomic E-state index is -1.27. The van der Waals surface area contributed by atoms with E-state index in [9.17, 15) is 28.8 Å². The van der Waals surface area contributed by atoms with Gasteiger partial charge < -0.3 is 28.9 Å². The fourth-order valence-corrected chi connectivity index (χ4v) is 6.56. The van der Waals surface area contributed by atoms with Gasteiger partial charge in [-0.15, -0.1) is 0 Å². The molecule has 48 heavy (non-hydrogen) atoms. The van der Waals surface area contributed by atoms with E-state index in [1.165, 1.54) is 71.1 Å². The molecule has 3 amide bonds. The zero-order chi connectivity index (χ0) is 36.9. The lowest BCUT2D eigenvalue weighted by molar-refractivity contribution is -0.179. The van der Waals surface area contributed by atoms with Gasteiger partial charge in [-0.2, -0.15) is 35.3 Å². The molecule has 1 rings (SSSR count). The lowest BCUT2D eigenvalue weighted by Gasteiger charge is -2.36. The van der Waals surface area contributed by atoms with Gasteiger partial charge in [0.2, 0.25) is 0 Å². The van der Waals surface area contributed by atoms with E-state index in [1.807, 2.05) is 18.8 Å². The molecule has 0 saturated carbocycles. The summed E-state index contributed by atoms with van der Waals surface area (Å²) in [5.74, 6) is -4.04. The minimum Gasteiger partial charge on any atom is -0.450 e. The number of carbonyl (C=O) groups is 6. The van der Waals surface area contributed by atoms with E-state index in [1.54, 1.807) is 41.5 Å². The summed E-state index contributed by atoms with van der Waals surface area (Å²) in [7, 11) is 4.37. The van der Waals surface area contributed by atoms with Gasteiger partial charge >= 0.3 is 17.9 Å². The van der Waals surface area contributed by atoms with Crippen molar-refractivity contribution in [1.82, 2.24) is 14.7 Å². The number of likely N-dealkylation sites (N-methyl/N-ethyl adjacent to an activating group) is 3. The lowest BCUT2D eigenvalue weighted by Crippen LogP contribution is -2.56. The summed E-state index contributed by atoms with van der Waals surface area (Å²) in [5, 5.41) is 0. The van der Waals surface area contributed by atoms with Gasteiger partial charge in [-0.25, -0.2) is 14.4 Å². The lowest BCUT2D eigenvalue weighted by atomic mass is 10.0. The summed E-state index contributed by atoms with van der Waals surface area (Å²) in [6.45, 7) is 10.3. The molecule has 6 atom stereocenters. The zero-order valence-electron chi connectivity index (χ0n) is 30.7. The Balaban J connectivity index is 3.91. The molecule has 0 aromatic rings. The van der Waals surface area contributed by atoms with Gasteiger partial charge in [-0.05, 0) is 73.0 Å². The van der Waals surface area contributed by atoms with Crippen molar-refractivity contribution in [2.75, 3.05) is 57.2 Å². The van der Waals surface area contributed by atoms with Crippen LogP contribution in [0.4, 0.5) is 0 Å². The molecule has 1 heterocycles. The molecule has 1 aliphatic rings. The van der Waals surface area contributed by atoms with Crippen LogP contribution in [0, 0.1) is 17.8 Å². The van der Waals surface area contributed by atoms with Crippen molar-refractivity contribution in [2.24, 2.45) is 17.8 Å². The summed E-state index contributed by atoms with van der Waals surface area (Å²) in [6, 6.07) is -3.24. The van der Waals surface area contributed by atoms with E-state index in [0.29, 0.717) is 17.3 Å². The molecule has 276 valence electrons. The van der Waals surface area contributed by atoms with Crippen LogP contribution in [0.3, 0.4) is 0 Å². The highest BCUT2D eigenvalue weighted by Gasteiger charge is 2.43. The molecule has 12 nitrogen and oxygen atoms in total. The average molecular weight is 742 g/mol. The highest BCUT2D eigenvalue weighted by molar-refractivity contribution is 7.98. The number of nitrogens with zero attached hydrogens (tertiary/aromatic N) is 3. The number of rotatable bonds is 12. The van der Waals surface area contributed by atoms with Crippen molar-refractivity contribution < 1.29 is 43.0 Å². The van der Waals surface area contributed by atoms with Crippen LogP contribution in [0.1, 0.15) is 60.8 Å². The Kier molecular flexibility index (Phi) is 19.4. The fraction of sp³-hybridized carbons (Fsp3) is 0.818. The fourth-order valence-electron chi connectivity index (χ4n) is 5.19. The Morgan fingerprint density at radius 3 is 0.875 bits per heavy atom. The Labute approximate surface area is 299 Å². The SMILES string of the molecule is CSCC[C@H]1C(=O)O[C@H](C(C)C)C(=O)N([14CH3])[C@@H](CCSC)C(=O)O[C@H](C(C)C)C(=O)N([14CH3])[C@@H](CCSC)C(=O)O[C@@H](C(C)C)C(=O)N1[14CH3]. The van der Waals surface area contributed by atoms with Crippen molar-refractivity contribution in [1.29, 1.82) is 0 Å². The monoisotopic (exact) mass is 741 g/mol. The highest BCUT2D eigenvalue weighted by atomic mass is 32.2. The van der Waals surface area contributed by atoms with Gasteiger partial charge in [-0.3, -0.25) is 14.4 Å². The summed E-state index contributed by atoms with van der Waals surface area (Å²) in [4.78, 5) is 87.1. The van der Waals surface area contributed by atoms with Crippen LogP contribution in [0.5, 0.6) is 0 Å². The topological polar surface area (TPSA) is 140 Å². The first kappa shape index (κ1) is 43.9. The first-order chi connectivity index (χ1) is 22.5. The summed E-state index contributed by atoms with van der Waals surface area (Å²) < 4.78 is 17.6. The number of hydrogen-bond donors (Lipinski definition) is 0. The van der Waals surface area contributed by atoms with E-state index in [4.69, 9.17) is 14.2 Å². The molecule has 0 aromatic carbocycles. The summed E-state index contributed by atoms with van der Waals surface area (Å²) in [6.07, 6.45) is 2.47. The molecule has 0 spiro atoms. The van der Waals surface area contributed by atoms with Gasteiger partial charge in [0.1, 0.15) is 18.1 Å². The first-order valence-corrected chi connectivity index (χ1v) is 20.5. The molecule has 0 radical (unpaired) electrons. The molecule has 0 aromatic heterocycles. The molecule has 0 bridgehead atoms.